The van der Waals surface area contributed by atoms with Gasteiger partial charge in [-0.2, -0.15) is 0 Å². The van der Waals surface area contributed by atoms with E-state index in [1.807, 2.05) is 18.5 Å². The standard InChI is InChI=1S/C17H19N3O3/c21-17(19-13-3-5-16-18-6-7-20(16)11-13)12-2-4-14-15(10-12)23-9-1-8-22-14/h2,4,6-7,10,13H,1,3,5,8-9,11H2,(H,19,21)/t13-/m0/s1. The van der Waals surface area contributed by atoms with Crippen LogP contribution in [0.1, 0.15) is 29.0 Å². The molecule has 1 aromatic heterocycles. The van der Waals surface area contributed by atoms with E-state index < -0.39 is 0 Å². The van der Waals surface area contributed by atoms with Crippen LogP contribution in [0.4, 0.5) is 0 Å². The second-order valence-electron chi connectivity index (χ2n) is 5.92. The van der Waals surface area contributed by atoms with Crippen LogP contribution < -0.4 is 14.8 Å². The monoisotopic (exact) mass is 313 g/mol. The Labute approximate surface area is 134 Å². The Hall–Kier alpha value is -2.50. The fraction of sp³-hybridized carbons (Fsp3) is 0.412. The SMILES string of the molecule is O=C(N[C@H]1CCc2nccn2C1)c1ccc2c(c1)OCCCO2. The molecule has 3 heterocycles. The molecule has 1 N–H and O–H groups in total. The van der Waals surface area contributed by atoms with E-state index in [2.05, 4.69) is 14.9 Å². The fourth-order valence-electron chi connectivity index (χ4n) is 3.06. The molecule has 2 aromatic rings. The van der Waals surface area contributed by atoms with Crippen LogP contribution in [0.15, 0.2) is 30.6 Å². The minimum absolute atomic E-state index is 0.0748. The summed E-state index contributed by atoms with van der Waals surface area (Å²) < 4.78 is 13.3. The molecular formula is C17H19N3O3. The first-order chi connectivity index (χ1) is 11.3. The van der Waals surface area contributed by atoms with Crippen molar-refractivity contribution in [3.63, 3.8) is 0 Å². The Morgan fingerprint density at radius 1 is 1.26 bits per heavy atom. The van der Waals surface area contributed by atoms with Gasteiger partial charge in [0.25, 0.3) is 5.91 Å². The number of carbonyl (C=O) groups is 1. The summed E-state index contributed by atoms with van der Waals surface area (Å²) in [6.07, 6.45) is 6.42. The van der Waals surface area contributed by atoms with Crippen LogP contribution in [-0.4, -0.2) is 34.7 Å². The molecule has 4 rings (SSSR count). The zero-order valence-electron chi connectivity index (χ0n) is 12.8. The molecule has 6 heteroatoms. The number of nitrogens with zero attached hydrogens (tertiary/aromatic N) is 2. The minimum Gasteiger partial charge on any atom is -0.490 e. The summed E-state index contributed by atoms with van der Waals surface area (Å²) >= 11 is 0. The van der Waals surface area contributed by atoms with Crippen LogP contribution in [0.25, 0.3) is 0 Å². The first-order valence-corrected chi connectivity index (χ1v) is 8.00. The lowest BCUT2D eigenvalue weighted by atomic mass is 10.1. The molecule has 1 aromatic carbocycles. The van der Waals surface area contributed by atoms with Crippen molar-refractivity contribution in [3.05, 3.63) is 42.0 Å². The van der Waals surface area contributed by atoms with E-state index in [-0.39, 0.29) is 11.9 Å². The summed E-state index contributed by atoms with van der Waals surface area (Å²) in [7, 11) is 0. The highest BCUT2D eigenvalue weighted by Gasteiger charge is 2.21. The Balaban J connectivity index is 1.46. The second-order valence-corrected chi connectivity index (χ2v) is 5.92. The molecule has 6 nitrogen and oxygen atoms in total. The van der Waals surface area contributed by atoms with Crippen molar-refractivity contribution in [1.82, 2.24) is 14.9 Å². The van der Waals surface area contributed by atoms with E-state index in [1.165, 1.54) is 0 Å². The van der Waals surface area contributed by atoms with Crippen LogP contribution >= 0.6 is 0 Å². The number of rotatable bonds is 2. The van der Waals surface area contributed by atoms with Gasteiger partial charge in [-0.15, -0.1) is 0 Å². The number of hydrogen-bond acceptors (Lipinski definition) is 4. The summed E-state index contributed by atoms with van der Waals surface area (Å²) in [4.78, 5) is 16.8. The number of amides is 1. The highest BCUT2D eigenvalue weighted by Crippen LogP contribution is 2.30. The number of benzene rings is 1. The number of carbonyl (C=O) groups excluding carboxylic acids is 1. The van der Waals surface area contributed by atoms with E-state index in [4.69, 9.17) is 9.47 Å². The van der Waals surface area contributed by atoms with Gasteiger partial charge in [0.2, 0.25) is 0 Å². The zero-order chi connectivity index (χ0) is 15.6. The Morgan fingerprint density at radius 3 is 3.04 bits per heavy atom. The second kappa shape index (κ2) is 5.95. The smallest absolute Gasteiger partial charge is 0.251 e. The average molecular weight is 313 g/mol. The van der Waals surface area contributed by atoms with Crippen LogP contribution in [0.3, 0.4) is 0 Å². The number of fused-ring (bicyclic) bond motifs is 2. The van der Waals surface area contributed by atoms with Gasteiger partial charge in [0.05, 0.1) is 13.2 Å². The fourth-order valence-corrected chi connectivity index (χ4v) is 3.06. The van der Waals surface area contributed by atoms with Crippen molar-refractivity contribution < 1.29 is 14.3 Å². The van der Waals surface area contributed by atoms with Crippen molar-refractivity contribution in [3.8, 4) is 11.5 Å². The van der Waals surface area contributed by atoms with Gasteiger partial charge < -0.3 is 19.4 Å². The predicted octanol–water partition coefficient (Wildman–Crippen LogP) is 1.79. The molecule has 0 bridgehead atoms. The maximum atomic E-state index is 12.5. The summed E-state index contributed by atoms with van der Waals surface area (Å²) in [5.41, 5.74) is 0.602. The molecule has 0 unspecified atom stereocenters. The topological polar surface area (TPSA) is 65.4 Å². The number of ether oxygens (including phenoxy) is 2. The molecule has 0 spiro atoms. The molecule has 0 saturated carbocycles. The van der Waals surface area contributed by atoms with Gasteiger partial charge in [-0.25, -0.2) is 4.98 Å². The summed E-state index contributed by atoms with van der Waals surface area (Å²) in [5, 5.41) is 3.10. The normalized spacial score (nSPS) is 19.6. The van der Waals surface area contributed by atoms with Gasteiger partial charge in [-0.3, -0.25) is 4.79 Å². The number of imidazole rings is 1. The van der Waals surface area contributed by atoms with Gasteiger partial charge in [0, 0.05) is 43.4 Å². The summed E-state index contributed by atoms with van der Waals surface area (Å²) in [6.45, 7) is 2.03. The van der Waals surface area contributed by atoms with Gasteiger partial charge in [0.15, 0.2) is 11.5 Å². The largest absolute Gasteiger partial charge is 0.490 e. The van der Waals surface area contributed by atoms with Crippen molar-refractivity contribution in [2.45, 2.75) is 31.8 Å². The Morgan fingerprint density at radius 2 is 2.13 bits per heavy atom. The van der Waals surface area contributed by atoms with E-state index in [1.54, 1.807) is 12.1 Å². The molecule has 2 aliphatic heterocycles. The van der Waals surface area contributed by atoms with E-state index in [0.717, 1.165) is 31.6 Å². The summed E-state index contributed by atoms with van der Waals surface area (Å²) in [5.74, 6) is 2.37. The molecule has 0 saturated heterocycles. The average Bonchev–Trinajstić information content (AvgIpc) is 2.90. The highest BCUT2D eigenvalue weighted by atomic mass is 16.5. The highest BCUT2D eigenvalue weighted by molar-refractivity contribution is 5.95. The molecule has 1 amide bonds. The molecule has 1 atom stereocenters. The number of nitrogens with one attached hydrogen (secondary N) is 1. The molecule has 23 heavy (non-hydrogen) atoms. The van der Waals surface area contributed by atoms with Crippen molar-refractivity contribution in [1.29, 1.82) is 0 Å². The molecule has 0 aliphatic carbocycles. The van der Waals surface area contributed by atoms with Gasteiger partial charge in [-0.05, 0) is 24.6 Å². The van der Waals surface area contributed by atoms with Crippen LogP contribution in [-0.2, 0) is 13.0 Å². The number of aryl methyl sites for hydroxylation is 1. The van der Waals surface area contributed by atoms with Gasteiger partial charge >= 0.3 is 0 Å². The van der Waals surface area contributed by atoms with Crippen LogP contribution in [0.5, 0.6) is 11.5 Å². The van der Waals surface area contributed by atoms with Gasteiger partial charge in [0.1, 0.15) is 5.82 Å². The minimum atomic E-state index is -0.0748. The van der Waals surface area contributed by atoms with Crippen molar-refractivity contribution in [2.75, 3.05) is 13.2 Å². The third-order valence-corrected chi connectivity index (χ3v) is 4.28. The van der Waals surface area contributed by atoms with E-state index in [9.17, 15) is 4.79 Å². The van der Waals surface area contributed by atoms with Crippen molar-refractivity contribution in [2.24, 2.45) is 0 Å². The lowest BCUT2D eigenvalue weighted by Gasteiger charge is -2.24. The van der Waals surface area contributed by atoms with E-state index in [0.29, 0.717) is 30.3 Å². The Kier molecular flexibility index (Phi) is 3.65. The number of hydrogen-bond donors (Lipinski definition) is 1. The molecule has 2 aliphatic rings. The Bertz CT molecular complexity index is 726. The molecule has 0 fully saturated rings. The first kappa shape index (κ1) is 14.1. The van der Waals surface area contributed by atoms with Gasteiger partial charge in [-0.1, -0.05) is 0 Å². The van der Waals surface area contributed by atoms with Crippen molar-refractivity contribution >= 4 is 5.91 Å². The van der Waals surface area contributed by atoms with Crippen LogP contribution in [0.2, 0.25) is 0 Å². The van der Waals surface area contributed by atoms with Crippen LogP contribution in [0, 0.1) is 0 Å². The zero-order valence-corrected chi connectivity index (χ0v) is 12.8. The predicted molar refractivity (Wildman–Crippen MR) is 83.9 cm³/mol. The molecule has 0 radical (unpaired) electrons. The van der Waals surface area contributed by atoms with E-state index >= 15 is 0 Å². The number of aromatic nitrogens is 2. The maximum Gasteiger partial charge on any atom is 0.251 e. The first-order valence-electron chi connectivity index (χ1n) is 8.00. The molecular weight excluding hydrogens is 294 g/mol. The quantitative estimate of drug-likeness (QED) is 0.918. The lowest BCUT2D eigenvalue weighted by molar-refractivity contribution is 0.0927. The third-order valence-electron chi connectivity index (χ3n) is 4.28. The summed E-state index contributed by atoms with van der Waals surface area (Å²) in [6, 6.07) is 5.49. The molecule has 120 valence electrons. The third kappa shape index (κ3) is 2.88. The lowest BCUT2D eigenvalue weighted by Crippen LogP contribution is -2.40. The maximum absolute atomic E-state index is 12.5.